The first-order valence-corrected chi connectivity index (χ1v) is 8.57. The van der Waals surface area contributed by atoms with Crippen LogP contribution in [0.5, 0.6) is 0 Å². The lowest BCUT2D eigenvalue weighted by molar-refractivity contribution is 0.201. The Hall–Kier alpha value is -1.80. The Balaban J connectivity index is 1.60. The lowest BCUT2D eigenvalue weighted by Gasteiger charge is -2.35. The van der Waals surface area contributed by atoms with Crippen molar-refractivity contribution < 1.29 is 4.74 Å². The van der Waals surface area contributed by atoms with Gasteiger partial charge in [-0.15, -0.1) is 0 Å². The molecule has 0 N–H and O–H groups in total. The van der Waals surface area contributed by atoms with E-state index in [-0.39, 0.29) is 0 Å². The fourth-order valence-corrected chi connectivity index (χ4v) is 3.42. The van der Waals surface area contributed by atoms with Crippen molar-refractivity contribution in [3.05, 3.63) is 23.4 Å². The van der Waals surface area contributed by atoms with Gasteiger partial charge < -0.3 is 14.5 Å². The number of methoxy groups -OCH3 is 1. The molecule has 2 aromatic rings. The number of hydrogen-bond donors (Lipinski definition) is 0. The van der Waals surface area contributed by atoms with Gasteiger partial charge in [0.1, 0.15) is 17.5 Å². The van der Waals surface area contributed by atoms with Crippen LogP contribution < -0.4 is 9.80 Å². The lowest BCUT2D eigenvalue weighted by atomic mass is 10.3. The van der Waals surface area contributed by atoms with Gasteiger partial charge >= 0.3 is 0 Å². The zero-order valence-electron chi connectivity index (χ0n) is 13.8. The van der Waals surface area contributed by atoms with E-state index in [1.165, 1.54) is 11.5 Å². The first kappa shape index (κ1) is 16.1. The molecule has 0 bridgehead atoms. The Morgan fingerprint density at radius 3 is 2.52 bits per heavy atom. The van der Waals surface area contributed by atoms with Crippen LogP contribution >= 0.6 is 11.5 Å². The van der Waals surface area contributed by atoms with Gasteiger partial charge in [0.05, 0.1) is 6.61 Å². The van der Waals surface area contributed by atoms with E-state index in [9.17, 15) is 0 Å². The summed E-state index contributed by atoms with van der Waals surface area (Å²) in [6.45, 7) is 8.34. The third-order valence-corrected chi connectivity index (χ3v) is 4.63. The van der Waals surface area contributed by atoms with Crippen LogP contribution in [-0.2, 0) is 11.2 Å². The van der Waals surface area contributed by atoms with Crippen molar-refractivity contribution in [3.8, 4) is 0 Å². The number of aryl methyl sites for hydroxylation is 2. The van der Waals surface area contributed by atoms with E-state index in [1.54, 1.807) is 7.11 Å². The van der Waals surface area contributed by atoms with Crippen LogP contribution in [0.1, 0.15) is 17.3 Å². The topological polar surface area (TPSA) is 67.3 Å². The molecule has 124 valence electrons. The van der Waals surface area contributed by atoms with Crippen LogP contribution in [0.2, 0.25) is 0 Å². The Morgan fingerprint density at radius 1 is 1.09 bits per heavy atom. The Kier molecular flexibility index (Phi) is 5.02. The predicted molar refractivity (Wildman–Crippen MR) is 91.4 cm³/mol. The van der Waals surface area contributed by atoms with Crippen LogP contribution in [0.25, 0.3) is 0 Å². The summed E-state index contributed by atoms with van der Waals surface area (Å²) >= 11 is 1.47. The van der Waals surface area contributed by atoms with Crippen LogP contribution in [0, 0.1) is 13.8 Å². The largest absolute Gasteiger partial charge is 0.384 e. The quantitative estimate of drug-likeness (QED) is 0.820. The van der Waals surface area contributed by atoms with Gasteiger partial charge in [-0.2, -0.15) is 4.37 Å². The molecule has 0 unspecified atom stereocenters. The van der Waals surface area contributed by atoms with E-state index in [0.29, 0.717) is 6.61 Å². The van der Waals surface area contributed by atoms with Crippen molar-refractivity contribution in [3.63, 3.8) is 0 Å². The summed E-state index contributed by atoms with van der Waals surface area (Å²) in [4.78, 5) is 18.1. The van der Waals surface area contributed by atoms with Crippen molar-refractivity contribution in [1.29, 1.82) is 0 Å². The highest BCUT2D eigenvalue weighted by Crippen LogP contribution is 2.21. The maximum atomic E-state index is 5.08. The van der Waals surface area contributed by atoms with Gasteiger partial charge in [0.25, 0.3) is 0 Å². The van der Waals surface area contributed by atoms with Crippen molar-refractivity contribution in [1.82, 2.24) is 19.3 Å². The Labute approximate surface area is 140 Å². The highest BCUT2D eigenvalue weighted by Gasteiger charge is 2.21. The number of anilines is 2. The van der Waals surface area contributed by atoms with Gasteiger partial charge in [-0.05, 0) is 13.8 Å². The number of nitrogens with zero attached hydrogens (tertiary/aromatic N) is 6. The van der Waals surface area contributed by atoms with E-state index < -0.39 is 0 Å². The number of aromatic nitrogens is 4. The van der Waals surface area contributed by atoms with Gasteiger partial charge in [0, 0.05) is 63.0 Å². The summed E-state index contributed by atoms with van der Waals surface area (Å²) in [7, 11) is 1.70. The molecule has 1 aliphatic heterocycles. The van der Waals surface area contributed by atoms with E-state index >= 15 is 0 Å². The van der Waals surface area contributed by atoms with E-state index in [0.717, 1.165) is 60.9 Å². The van der Waals surface area contributed by atoms with Gasteiger partial charge in [0.15, 0.2) is 0 Å². The highest BCUT2D eigenvalue weighted by molar-refractivity contribution is 7.09. The lowest BCUT2D eigenvalue weighted by Crippen LogP contribution is -2.47. The zero-order chi connectivity index (χ0) is 16.2. The smallest absolute Gasteiger partial charge is 0.205 e. The number of piperazine rings is 1. The maximum absolute atomic E-state index is 5.08. The first-order valence-electron chi connectivity index (χ1n) is 7.79. The van der Waals surface area contributed by atoms with Crippen molar-refractivity contribution in [2.24, 2.45) is 0 Å². The number of ether oxygens (including phenoxy) is 1. The summed E-state index contributed by atoms with van der Waals surface area (Å²) in [6, 6.07) is 2.05. The molecule has 3 rings (SSSR count). The van der Waals surface area contributed by atoms with Crippen molar-refractivity contribution in [2.75, 3.05) is 49.7 Å². The Morgan fingerprint density at radius 2 is 1.83 bits per heavy atom. The van der Waals surface area contributed by atoms with Crippen LogP contribution in [0.3, 0.4) is 0 Å². The second-order valence-electron chi connectivity index (χ2n) is 5.62. The fourth-order valence-electron chi connectivity index (χ4n) is 2.65. The normalized spacial score (nSPS) is 15.3. The fraction of sp³-hybridized carbons (Fsp3) is 0.600. The van der Waals surface area contributed by atoms with Crippen molar-refractivity contribution in [2.45, 2.75) is 20.3 Å². The summed E-state index contributed by atoms with van der Waals surface area (Å²) < 4.78 is 9.48. The molecule has 8 heteroatoms. The summed E-state index contributed by atoms with van der Waals surface area (Å²) in [5, 5.41) is 1.01. The molecular formula is C15H22N6OS. The third kappa shape index (κ3) is 3.94. The molecular weight excluding hydrogens is 312 g/mol. The standard InChI is InChI=1S/C15H22N6OS/c1-11-10-14(17-12(2)16-11)20-5-7-21(8-6-20)15-18-13(19-23-15)4-9-22-3/h10H,4-9H2,1-3H3. The average Bonchev–Trinajstić information content (AvgIpc) is 3.01. The van der Waals surface area contributed by atoms with Gasteiger partial charge in [-0.25, -0.2) is 15.0 Å². The summed E-state index contributed by atoms with van der Waals surface area (Å²) in [5.41, 5.74) is 1.02. The van der Waals surface area contributed by atoms with E-state index in [2.05, 4.69) is 35.2 Å². The molecule has 0 aromatic carbocycles. The molecule has 0 spiro atoms. The van der Waals surface area contributed by atoms with Crippen LogP contribution in [0.4, 0.5) is 10.9 Å². The second-order valence-corrected chi connectivity index (χ2v) is 6.36. The average molecular weight is 334 g/mol. The summed E-state index contributed by atoms with van der Waals surface area (Å²) in [5.74, 6) is 2.72. The second kappa shape index (κ2) is 7.18. The minimum atomic E-state index is 0.663. The maximum Gasteiger partial charge on any atom is 0.205 e. The predicted octanol–water partition coefficient (Wildman–Crippen LogP) is 1.46. The number of hydrogen-bond acceptors (Lipinski definition) is 8. The summed E-state index contributed by atoms with van der Waals surface area (Å²) in [6.07, 6.45) is 0.770. The molecule has 7 nitrogen and oxygen atoms in total. The molecule has 1 aliphatic rings. The molecule has 1 fully saturated rings. The Bertz CT molecular complexity index is 633. The molecule has 23 heavy (non-hydrogen) atoms. The molecule has 0 atom stereocenters. The SMILES string of the molecule is COCCc1nsc(N2CCN(c3cc(C)nc(C)n3)CC2)n1. The minimum absolute atomic E-state index is 0.663. The monoisotopic (exact) mass is 334 g/mol. The van der Waals surface area contributed by atoms with E-state index in [4.69, 9.17) is 4.74 Å². The molecule has 0 amide bonds. The minimum Gasteiger partial charge on any atom is -0.384 e. The molecule has 0 radical (unpaired) electrons. The third-order valence-electron chi connectivity index (χ3n) is 3.81. The van der Waals surface area contributed by atoms with Crippen molar-refractivity contribution >= 4 is 22.5 Å². The van der Waals surface area contributed by atoms with Gasteiger partial charge in [0.2, 0.25) is 5.13 Å². The molecule has 0 saturated carbocycles. The first-order chi connectivity index (χ1) is 11.2. The van der Waals surface area contributed by atoms with E-state index in [1.807, 2.05) is 13.8 Å². The molecule has 1 saturated heterocycles. The van der Waals surface area contributed by atoms with Crippen LogP contribution in [0.15, 0.2) is 6.07 Å². The van der Waals surface area contributed by atoms with Gasteiger partial charge in [-0.3, -0.25) is 0 Å². The zero-order valence-corrected chi connectivity index (χ0v) is 14.6. The molecule has 3 heterocycles. The number of rotatable bonds is 5. The molecule has 2 aromatic heterocycles. The molecule has 0 aliphatic carbocycles. The van der Waals surface area contributed by atoms with Crippen LogP contribution in [-0.4, -0.2) is 59.2 Å². The van der Waals surface area contributed by atoms with Gasteiger partial charge in [-0.1, -0.05) is 0 Å². The highest BCUT2D eigenvalue weighted by atomic mass is 32.1.